The van der Waals surface area contributed by atoms with Gasteiger partial charge in [0.1, 0.15) is 0 Å². The predicted octanol–water partition coefficient (Wildman–Crippen LogP) is 5.13. The first-order valence-electron chi connectivity index (χ1n) is 11.5. The van der Waals surface area contributed by atoms with Crippen molar-refractivity contribution in [2.75, 3.05) is 0 Å². The Morgan fingerprint density at radius 1 is 1.09 bits per heavy atom. The number of nitrogens with one attached hydrogen (secondary N) is 1. The van der Waals surface area contributed by atoms with Gasteiger partial charge in [-0.05, 0) is 57.2 Å². The van der Waals surface area contributed by atoms with Crippen molar-refractivity contribution in [1.29, 1.82) is 0 Å². The van der Waals surface area contributed by atoms with E-state index in [1.807, 2.05) is 60.9 Å². The highest BCUT2D eigenvalue weighted by Crippen LogP contribution is 2.33. The normalized spacial score (nSPS) is 16.2. The van der Waals surface area contributed by atoms with Crippen LogP contribution in [-0.4, -0.2) is 26.8 Å². The molecule has 1 heterocycles. The van der Waals surface area contributed by atoms with E-state index in [-0.39, 0.29) is 28.8 Å². The standard InChI is InChI=1S/C26H31N3O2S/c1-18(16-17-20-10-4-3-5-11-20)27-24(30)19(2)32-26-28-23-15-9-8-14-22(23)25(31)29(26)21-12-6-7-13-21/h3-5,8-11,14-15,18-19,21H,6-7,12-13,16-17H2,1-2H3,(H,27,30)/t18-,19+/m0/s1. The van der Waals surface area contributed by atoms with E-state index in [1.54, 1.807) is 0 Å². The Morgan fingerprint density at radius 2 is 1.78 bits per heavy atom. The van der Waals surface area contributed by atoms with Gasteiger partial charge in [0.15, 0.2) is 5.16 Å². The summed E-state index contributed by atoms with van der Waals surface area (Å²) in [6.07, 6.45) is 6.05. The summed E-state index contributed by atoms with van der Waals surface area (Å²) in [6.45, 7) is 3.94. The molecule has 1 N–H and O–H groups in total. The van der Waals surface area contributed by atoms with Gasteiger partial charge in [-0.15, -0.1) is 0 Å². The Balaban J connectivity index is 1.47. The third-order valence-corrected chi connectivity index (χ3v) is 7.28. The van der Waals surface area contributed by atoms with Crippen LogP contribution in [0.25, 0.3) is 10.9 Å². The molecular formula is C26H31N3O2S. The van der Waals surface area contributed by atoms with Gasteiger partial charge in [0.2, 0.25) is 5.91 Å². The molecule has 1 aliphatic rings. The van der Waals surface area contributed by atoms with Crippen molar-refractivity contribution in [3.05, 3.63) is 70.5 Å². The molecule has 1 fully saturated rings. The van der Waals surface area contributed by atoms with Crippen molar-refractivity contribution in [2.45, 2.75) is 74.9 Å². The molecule has 5 nitrogen and oxygen atoms in total. The molecule has 1 aromatic heterocycles. The van der Waals surface area contributed by atoms with Crippen LogP contribution in [0.1, 0.15) is 57.6 Å². The molecule has 4 rings (SSSR count). The van der Waals surface area contributed by atoms with E-state index in [1.165, 1.54) is 17.3 Å². The minimum absolute atomic E-state index is 0.00818. The maximum Gasteiger partial charge on any atom is 0.262 e. The molecule has 0 unspecified atom stereocenters. The number of benzene rings is 2. The molecule has 1 amide bonds. The first-order chi connectivity index (χ1) is 15.5. The lowest BCUT2D eigenvalue weighted by atomic mass is 10.1. The summed E-state index contributed by atoms with van der Waals surface area (Å²) in [4.78, 5) is 31.0. The lowest BCUT2D eigenvalue weighted by Gasteiger charge is -2.21. The largest absolute Gasteiger partial charge is 0.353 e. The Hall–Kier alpha value is -2.60. The van der Waals surface area contributed by atoms with Crippen molar-refractivity contribution in [3.8, 4) is 0 Å². The van der Waals surface area contributed by atoms with Crippen LogP contribution in [0.5, 0.6) is 0 Å². The molecule has 0 aliphatic heterocycles. The Kier molecular flexibility index (Phi) is 7.30. The van der Waals surface area contributed by atoms with Crippen LogP contribution in [0.4, 0.5) is 0 Å². The summed E-state index contributed by atoms with van der Waals surface area (Å²) in [5, 5.41) is 4.10. The van der Waals surface area contributed by atoms with E-state index in [0.717, 1.165) is 38.5 Å². The van der Waals surface area contributed by atoms with Gasteiger partial charge in [0.05, 0.1) is 16.2 Å². The average molecular weight is 450 g/mol. The van der Waals surface area contributed by atoms with Crippen LogP contribution >= 0.6 is 11.8 Å². The third-order valence-electron chi connectivity index (χ3n) is 6.21. The second-order valence-electron chi connectivity index (χ2n) is 8.72. The molecule has 2 aromatic carbocycles. The number of thioether (sulfide) groups is 1. The zero-order valence-electron chi connectivity index (χ0n) is 18.8. The number of aromatic nitrogens is 2. The molecular weight excluding hydrogens is 418 g/mol. The van der Waals surface area contributed by atoms with E-state index >= 15 is 0 Å². The summed E-state index contributed by atoms with van der Waals surface area (Å²) in [7, 11) is 0. The molecule has 2 atom stereocenters. The van der Waals surface area contributed by atoms with Crippen molar-refractivity contribution < 1.29 is 4.79 Å². The molecule has 0 spiro atoms. The number of hydrogen-bond acceptors (Lipinski definition) is 4. The molecule has 168 valence electrons. The van der Waals surface area contributed by atoms with Crippen molar-refractivity contribution in [2.24, 2.45) is 0 Å². The molecule has 1 saturated carbocycles. The fraction of sp³-hybridized carbons (Fsp3) is 0.423. The smallest absolute Gasteiger partial charge is 0.262 e. The van der Waals surface area contributed by atoms with Gasteiger partial charge >= 0.3 is 0 Å². The van der Waals surface area contributed by atoms with E-state index < -0.39 is 0 Å². The molecule has 1 aliphatic carbocycles. The van der Waals surface area contributed by atoms with E-state index in [2.05, 4.69) is 17.4 Å². The average Bonchev–Trinajstić information content (AvgIpc) is 3.33. The number of carbonyl (C=O) groups excluding carboxylic acids is 1. The second kappa shape index (κ2) is 10.3. The maximum absolute atomic E-state index is 13.3. The van der Waals surface area contributed by atoms with Gasteiger partial charge in [-0.1, -0.05) is 67.1 Å². The zero-order chi connectivity index (χ0) is 22.5. The fourth-order valence-electron chi connectivity index (χ4n) is 4.36. The van der Waals surface area contributed by atoms with E-state index in [4.69, 9.17) is 4.98 Å². The van der Waals surface area contributed by atoms with Crippen molar-refractivity contribution in [3.63, 3.8) is 0 Å². The summed E-state index contributed by atoms with van der Waals surface area (Å²) < 4.78 is 1.85. The van der Waals surface area contributed by atoms with Crippen LogP contribution in [-0.2, 0) is 11.2 Å². The third kappa shape index (κ3) is 5.23. The Labute approximate surface area is 193 Å². The molecule has 0 bridgehead atoms. The van der Waals surface area contributed by atoms with Crippen LogP contribution < -0.4 is 10.9 Å². The quantitative estimate of drug-likeness (QED) is 0.382. The summed E-state index contributed by atoms with van der Waals surface area (Å²) in [5.74, 6) is -0.0176. The number of amides is 1. The lowest BCUT2D eigenvalue weighted by Crippen LogP contribution is -2.38. The van der Waals surface area contributed by atoms with Crippen LogP contribution in [0.3, 0.4) is 0 Å². The van der Waals surface area contributed by atoms with E-state index in [0.29, 0.717) is 16.1 Å². The highest BCUT2D eigenvalue weighted by molar-refractivity contribution is 8.00. The van der Waals surface area contributed by atoms with Crippen molar-refractivity contribution >= 4 is 28.6 Å². The van der Waals surface area contributed by atoms with Crippen LogP contribution in [0.2, 0.25) is 0 Å². The van der Waals surface area contributed by atoms with Crippen molar-refractivity contribution in [1.82, 2.24) is 14.9 Å². The highest BCUT2D eigenvalue weighted by Gasteiger charge is 2.26. The Morgan fingerprint density at radius 3 is 2.53 bits per heavy atom. The number of nitrogens with zero attached hydrogens (tertiary/aromatic N) is 2. The van der Waals surface area contributed by atoms with Gasteiger partial charge in [-0.2, -0.15) is 0 Å². The molecule has 32 heavy (non-hydrogen) atoms. The Bertz CT molecular complexity index is 1120. The number of para-hydroxylation sites is 1. The molecule has 0 radical (unpaired) electrons. The molecule has 3 aromatic rings. The van der Waals surface area contributed by atoms with Crippen LogP contribution in [0.15, 0.2) is 64.5 Å². The summed E-state index contributed by atoms with van der Waals surface area (Å²) in [5.41, 5.74) is 1.98. The summed E-state index contributed by atoms with van der Waals surface area (Å²) >= 11 is 1.39. The molecule has 6 heteroatoms. The zero-order valence-corrected chi connectivity index (χ0v) is 19.6. The van der Waals surface area contributed by atoms with Gasteiger partial charge < -0.3 is 5.32 Å². The fourth-order valence-corrected chi connectivity index (χ4v) is 5.35. The monoisotopic (exact) mass is 449 g/mol. The van der Waals surface area contributed by atoms with E-state index in [9.17, 15) is 9.59 Å². The van der Waals surface area contributed by atoms with Gasteiger partial charge in [-0.25, -0.2) is 4.98 Å². The SMILES string of the molecule is C[C@@H](CCc1ccccc1)NC(=O)[C@@H](C)Sc1nc2ccccc2c(=O)n1C1CCCC1. The number of fused-ring (bicyclic) bond motifs is 1. The number of rotatable bonds is 8. The number of hydrogen-bond donors (Lipinski definition) is 1. The topological polar surface area (TPSA) is 64.0 Å². The first kappa shape index (κ1) is 22.6. The first-order valence-corrected chi connectivity index (χ1v) is 12.4. The highest BCUT2D eigenvalue weighted by atomic mass is 32.2. The predicted molar refractivity (Wildman–Crippen MR) is 131 cm³/mol. The number of carbonyl (C=O) groups is 1. The van der Waals surface area contributed by atoms with Crippen LogP contribution in [0, 0.1) is 0 Å². The van der Waals surface area contributed by atoms with Gasteiger partial charge in [-0.3, -0.25) is 14.2 Å². The lowest BCUT2D eigenvalue weighted by molar-refractivity contribution is -0.120. The summed E-state index contributed by atoms with van der Waals surface area (Å²) in [6, 6.07) is 18.1. The minimum Gasteiger partial charge on any atom is -0.353 e. The number of aryl methyl sites for hydroxylation is 1. The maximum atomic E-state index is 13.3. The van der Waals surface area contributed by atoms with Gasteiger partial charge in [0, 0.05) is 12.1 Å². The second-order valence-corrected chi connectivity index (χ2v) is 10.0. The van der Waals surface area contributed by atoms with Gasteiger partial charge in [0.25, 0.3) is 5.56 Å². The minimum atomic E-state index is -0.338. The molecule has 0 saturated heterocycles.